The molecule has 1 aliphatic heterocycles. The van der Waals surface area contributed by atoms with Gasteiger partial charge >= 0.3 is 0 Å². The Labute approximate surface area is 111 Å². The molecular weight excluding hydrogens is 247 g/mol. The fourth-order valence-corrected chi connectivity index (χ4v) is 2.15. The predicted octanol–water partition coefficient (Wildman–Crippen LogP) is 1.57. The Morgan fingerprint density at radius 2 is 1.89 bits per heavy atom. The van der Waals surface area contributed by atoms with Crippen molar-refractivity contribution in [1.29, 1.82) is 0 Å². The maximum absolute atomic E-state index is 13.3. The molecule has 0 spiro atoms. The van der Waals surface area contributed by atoms with Crippen LogP contribution in [0.4, 0.5) is 4.39 Å². The molecule has 1 aromatic rings. The molecule has 0 unspecified atom stereocenters. The lowest BCUT2D eigenvalue weighted by molar-refractivity contribution is -0.129. The van der Waals surface area contributed by atoms with Crippen molar-refractivity contribution in [3.8, 4) is 0 Å². The summed E-state index contributed by atoms with van der Waals surface area (Å²) in [5.41, 5.74) is 0.0103. The highest BCUT2D eigenvalue weighted by atomic mass is 19.1. The SMILES string of the molecule is O=C(NCCC(=O)N1CCCC1)c1ccccc1F. The summed E-state index contributed by atoms with van der Waals surface area (Å²) in [6, 6.07) is 5.80. The molecule has 0 atom stereocenters. The van der Waals surface area contributed by atoms with E-state index in [1.165, 1.54) is 18.2 Å². The summed E-state index contributed by atoms with van der Waals surface area (Å²) in [5.74, 6) is -0.982. The molecule has 1 heterocycles. The van der Waals surface area contributed by atoms with E-state index in [2.05, 4.69) is 5.32 Å². The van der Waals surface area contributed by atoms with Gasteiger partial charge in [0.25, 0.3) is 5.91 Å². The van der Waals surface area contributed by atoms with Gasteiger partial charge in [0, 0.05) is 26.1 Å². The number of benzene rings is 1. The quantitative estimate of drug-likeness (QED) is 0.897. The van der Waals surface area contributed by atoms with E-state index in [1.807, 2.05) is 0 Å². The third kappa shape index (κ3) is 3.53. The van der Waals surface area contributed by atoms with Gasteiger partial charge in [-0.3, -0.25) is 9.59 Å². The molecule has 5 heteroatoms. The van der Waals surface area contributed by atoms with Crippen LogP contribution in [0.25, 0.3) is 0 Å². The normalized spacial score (nSPS) is 14.5. The Morgan fingerprint density at radius 1 is 1.21 bits per heavy atom. The van der Waals surface area contributed by atoms with Gasteiger partial charge in [-0.05, 0) is 25.0 Å². The molecule has 1 N–H and O–H groups in total. The second kappa shape index (κ2) is 6.31. The Balaban J connectivity index is 1.78. The van der Waals surface area contributed by atoms with Gasteiger partial charge in [0.15, 0.2) is 0 Å². The van der Waals surface area contributed by atoms with E-state index in [9.17, 15) is 14.0 Å². The van der Waals surface area contributed by atoms with Crippen LogP contribution in [-0.4, -0.2) is 36.3 Å². The van der Waals surface area contributed by atoms with Crippen LogP contribution in [0.3, 0.4) is 0 Å². The van der Waals surface area contributed by atoms with Crippen LogP contribution in [0.15, 0.2) is 24.3 Å². The highest BCUT2D eigenvalue weighted by Crippen LogP contribution is 2.09. The number of amides is 2. The largest absolute Gasteiger partial charge is 0.351 e. The first-order valence-electron chi connectivity index (χ1n) is 6.49. The van der Waals surface area contributed by atoms with Crippen LogP contribution in [0, 0.1) is 5.82 Å². The molecule has 2 rings (SSSR count). The summed E-state index contributed by atoms with van der Waals surface area (Å²) < 4.78 is 13.3. The minimum atomic E-state index is -0.550. The van der Waals surface area contributed by atoms with Gasteiger partial charge in [-0.1, -0.05) is 12.1 Å². The van der Waals surface area contributed by atoms with E-state index < -0.39 is 11.7 Å². The number of likely N-dealkylation sites (tertiary alicyclic amines) is 1. The number of nitrogens with zero attached hydrogens (tertiary/aromatic N) is 1. The maximum Gasteiger partial charge on any atom is 0.254 e. The van der Waals surface area contributed by atoms with Crippen molar-refractivity contribution < 1.29 is 14.0 Å². The molecule has 0 aromatic heterocycles. The fourth-order valence-electron chi connectivity index (χ4n) is 2.15. The summed E-state index contributed by atoms with van der Waals surface area (Å²) in [6.45, 7) is 1.85. The predicted molar refractivity (Wildman–Crippen MR) is 69.2 cm³/mol. The summed E-state index contributed by atoms with van der Waals surface area (Å²) in [4.78, 5) is 25.2. The van der Waals surface area contributed by atoms with E-state index in [-0.39, 0.29) is 24.4 Å². The van der Waals surface area contributed by atoms with E-state index in [4.69, 9.17) is 0 Å². The smallest absolute Gasteiger partial charge is 0.254 e. The van der Waals surface area contributed by atoms with Crippen molar-refractivity contribution >= 4 is 11.8 Å². The van der Waals surface area contributed by atoms with Gasteiger partial charge in [0.05, 0.1) is 5.56 Å². The Kier molecular flexibility index (Phi) is 4.49. The minimum absolute atomic E-state index is 0.0103. The monoisotopic (exact) mass is 264 g/mol. The number of nitrogens with one attached hydrogen (secondary N) is 1. The van der Waals surface area contributed by atoms with Gasteiger partial charge in [0.1, 0.15) is 5.82 Å². The molecule has 0 bridgehead atoms. The van der Waals surface area contributed by atoms with Crippen LogP contribution < -0.4 is 5.32 Å². The maximum atomic E-state index is 13.3. The zero-order valence-corrected chi connectivity index (χ0v) is 10.7. The van der Waals surface area contributed by atoms with Gasteiger partial charge in [-0.2, -0.15) is 0 Å². The molecule has 1 aromatic carbocycles. The highest BCUT2D eigenvalue weighted by Gasteiger charge is 2.17. The lowest BCUT2D eigenvalue weighted by atomic mass is 10.2. The number of hydrogen-bond acceptors (Lipinski definition) is 2. The van der Waals surface area contributed by atoms with Gasteiger partial charge in [-0.15, -0.1) is 0 Å². The first kappa shape index (κ1) is 13.5. The standard InChI is InChI=1S/C14H17FN2O2/c15-12-6-2-1-5-11(12)14(19)16-8-7-13(18)17-9-3-4-10-17/h1-2,5-6H,3-4,7-10H2,(H,16,19). The first-order valence-corrected chi connectivity index (χ1v) is 6.49. The van der Waals surface area contributed by atoms with E-state index in [0.717, 1.165) is 25.9 Å². The summed E-state index contributed by atoms with van der Waals surface area (Å²) in [5, 5.41) is 2.57. The van der Waals surface area contributed by atoms with Crippen molar-refractivity contribution in [2.45, 2.75) is 19.3 Å². The number of rotatable bonds is 4. The van der Waals surface area contributed by atoms with Gasteiger partial charge < -0.3 is 10.2 Å². The average molecular weight is 264 g/mol. The van der Waals surface area contributed by atoms with Gasteiger partial charge in [0.2, 0.25) is 5.91 Å². The summed E-state index contributed by atoms with van der Waals surface area (Å²) in [6.07, 6.45) is 2.36. The van der Waals surface area contributed by atoms with Crippen molar-refractivity contribution in [3.05, 3.63) is 35.6 Å². The molecule has 1 aliphatic rings. The molecule has 0 saturated carbocycles. The van der Waals surface area contributed by atoms with Crippen molar-refractivity contribution in [2.75, 3.05) is 19.6 Å². The second-order valence-corrected chi connectivity index (χ2v) is 4.57. The number of carbonyl (C=O) groups is 2. The molecule has 19 heavy (non-hydrogen) atoms. The average Bonchev–Trinajstić information content (AvgIpc) is 2.93. The molecular formula is C14H17FN2O2. The van der Waals surface area contributed by atoms with Crippen LogP contribution in [0.2, 0.25) is 0 Å². The van der Waals surface area contributed by atoms with Crippen molar-refractivity contribution in [3.63, 3.8) is 0 Å². The topological polar surface area (TPSA) is 49.4 Å². The molecule has 0 aliphatic carbocycles. The fraction of sp³-hybridized carbons (Fsp3) is 0.429. The molecule has 0 radical (unpaired) electrons. The lowest BCUT2D eigenvalue weighted by Crippen LogP contribution is -2.32. The number of halogens is 1. The Hall–Kier alpha value is -1.91. The zero-order chi connectivity index (χ0) is 13.7. The summed E-state index contributed by atoms with van der Waals surface area (Å²) >= 11 is 0. The molecule has 4 nitrogen and oxygen atoms in total. The van der Waals surface area contributed by atoms with E-state index in [1.54, 1.807) is 11.0 Å². The number of hydrogen-bond donors (Lipinski definition) is 1. The van der Waals surface area contributed by atoms with Crippen molar-refractivity contribution in [2.24, 2.45) is 0 Å². The molecule has 1 saturated heterocycles. The van der Waals surface area contributed by atoms with Crippen LogP contribution in [0.5, 0.6) is 0 Å². The Morgan fingerprint density at radius 3 is 2.58 bits per heavy atom. The zero-order valence-electron chi connectivity index (χ0n) is 10.7. The third-order valence-electron chi connectivity index (χ3n) is 3.20. The van der Waals surface area contributed by atoms with Gasteiger partial charge in [-0.25, -0.2) is 4.39 Å². The highest BCUT2D eigenvalue weighted by molar-refractivity contribution is 5.94. The molecule has 2 amide bonds. The molecule has 102 valence electrons. The van der Waals surface area contributed by atoms with E-state index >= 15 is 0 Å². The van der Waals surface area contributed by atoms with E-state index in [0.29, 0.717) is 0 Å². The molecule has 1 fully saturated rings. The first-order chi connectivity index (χ1) is 9.18. The minimum Gasteiger partial charge on any atom is -0.351 e. The summed E-state index contributed by atoms with van der Waals surface area (Å²) in [7, 11) is 0. The van der Waals surface area contributed by atoms with Crippen molar-refractivity contribution in [1.82, 2.24) is 10.2 Å². The number of carbonyl (C=O) groups excluding carboxylic acids is 2. The second-order valence-electron chi connectivity index (χ2n) is 4.57. The van der Waals surface area contributed by atoms with Crippen LogP contribution >= 0.6 is 0 Å². The third-order valence-corrected chi connectivity index (χ3v) is 3.20. The lowest BCUT2D eigenvalue weighted by Gasteiger charge is -2.15. The Bertz CT molecular complexity index is 470. The van der Waals surface area contributed by atoms with Crippen LogP contribution in [0.1, 0.15) is 29.6 Å². The van der Waals surface area contributed by atoms with Crippen LogP contribution in [-0.2, 0) is 4.79 Å².